The Labute approximate surface area is 129 Å². The Morgan fingerprint density at radius 3 is 2.59 bits per heavy atom. The number of anilines is 1. The quantitative estimate of drug-likeness (QED) is 0.378. The molecule has 1 atom stereocenters. The van der Waals surface area contributed by atoms with Gasteiger partial charge in [-0.25, -0.2) is 9.96 Å². The van der Waals surface area contributed by atoms with E-state index in [4.69, 9.17) is 0 Å². The predicted octanol–water partition coefficient (Wildman–Crippen LogP) is 2.12. The molecule has 6 heteroatoms. The predicted molar refractivity (Wildman–Crippen MR) is 80.1 cm³/mol. The third-order valence-electron chi connectivity index (χ3n) is 3.68. The van der Waals surface area contributed by atoms with Crippen LogP contribution in [0.2, 0.25) is 0 Å². The van der Waals surface area contributed by atoms with Crippen molar-refractivity contribution in [2.45, 2.75) is 45.1 Å². The van der Waals surface area contributed by atoms with Crippen LogP contribution in [-0.4, -0.2) is 34.0 Å². The van der Waals surface area contributed by atoms with Crippen LogP contribution in [0.15, 0.2) is 30.3 Å². The highest BCUT2D eigenvalue weighted by molar-refractivity contribution is 6.22. The second-order valence-electron chi connectivity index (χ2n) is 5.32. The first-order valence-electron chi connectivity index (χ1n) is 7.49. The van der Waals surface area contributed by atoms with Gasteiger partial charge in [0.15, 0.2) is 0 Å². The van der Waals surface area contributed by atoms with E-state index in [2.05, 4.69) is 0 Å². The van der Waals surface area contributed by atoms with E-state index >= 15 is 0 Å². The van der Waals surface area contributed by atoms with Gasteiger partial charge in [-0.15, -0.1) is 0 Å². The van der Waals surface area contributed by atoms with Crippen LogP contribution in [0.3, 0.4) is 0 Å². The number of unbranched alkanes of at least 4 members (excludes halogenated alkanes) is 2. The van der Waals surface area contributed by atoms with Gasteiger partial charge in [0, 0.05) is 6.42 Å². The summed E-state index contributed by atoms with van der Waals surface area (Å²) in [5.74, 6) is -1.50. The summed E-state index contributed by atoms with van der Waals surface area (Å²) < 4.78 is 0. The first kappa shape index (κ1) is 16.2. The van der Waals surface area contributed by atoms with Crippen molar-refractivity contribution in [2.75, 3.05) is 4.90 Å². The molecular weight excluding hydrogens is 284 g/mol. The fraction of sp³-hybridized carbons (Fsp3) is 0.438. The van der Waals surface area contributed by atoms with E-state index in [9.17, 15) is 19.6 Å². The molecular formula is C16H20N2O4. The Balaban J connectivity index is 2.06. The van der Waals surface area contributed by atoms with Crippen molar-refractivity contribution in [3.63, 3.8) is 0 Å². The lowest BCUT2D eigenvalue weighted by Crippen LogP contribution is -2.43. The lowest BCUT2D eigenvalue weighted by atomic mass is 10.1. The molecule has 1 aromatic rings. The second-order valence-corrected chi connectivity index (χ2v) is 5.32. The third kappa shape index (κ3) is 3.33. The normalized spacial score (nSPS) is 17.9. The van der Waals surface area contributed by atoms with Crippen LogP contribution in [0.4, 0.5) is 5.69 Å². The average Bonchev–Trinajstić information content (AvgIpc) is 2.82. The van der Waals surface area contributed by atoms with Crippen LogP contribution in [0.5, 0.6) is 0 Å². The van der Waals surface area contributed by atoms with Crippen molar-refractivity contribution in [3.05, 3.63) is 30.3 Å². The first-order chi connectivity index (χ1) is 10.6. The molecule has 3 amide bonds. The number of amides is 3. The fourth-order valence-corrected chi connectivity index (χ4v) is 2.47. The van der Waals surface area contributed by atoms with Gasteiger partial charge < -0.3 is 0 Å². The van der Waals surface area contributed by atoms with Gasteiger partial charge in [-0.2, -0.15) is 0 Å². The lowest BCUT2D eigenvalue weighted by molar-refractivity contribution is -0.177. The summed E-state index contributed by atoms with van der Waals surface area (Å²) in [7, 11) is 0. The van der Waals surface area contributed by atoms with E-state index in [1.165, 1.54) is 0 Å². The molecule has 1 aromatic carbocycles. The molecule has 0 bridgehead atoms. The number of carbonyl (C=O) groups excluding carboxylic acids is 3. The van der Waals surface area contributed by atoms with Gasteiger partial charge in [0.2, 0.25) is 11.8 Å². The van der Waals surface area contributed by atoms with Gasteiger partial charge in [0.25, 0.3) is 5.91 Å². The molecule has 0 aliphatic carbocycles. The Bertz CT molecular complexity index is 559. The summed E-state index contributed by atoms with van der Waals surface area (Å²) in [5.41, 5.74) is 0.451. The van der Waals surface area contributed by atoms with Crippen LogP contribution < -0.4 is 4.90 Å². The van der Waals surface area contributed by atoms with E-state index in [0.717, 1.165) is 17.7 Å². The maximum Gasteiger partial charge on any atom is 0.259 e. The van der Waals surface area contributed by atoms with E-state index in [0.29, 0.717) is 17.2 Å². The summed E-state index contributed by atoms with van der Waals surface area (Å²) in [4.78, 5) is 37.3. The van der Waals surface area contributed by atoms with Crippen molar-refractivity contribution >= 4 is 23.4 Å². The number of imide groups is 1. The van der Waals surface area contributed by atoms with Crippen LogP contribution in [-0.2, 0) is 14.4 Å². The largest absolute Gasteiger partial charge is 0.285 e. The SMILES string of the molecule is CCCCCC(=O)N(O)[C@@H]1CC(=O)N(c2ccccc2)C1=O. The van der Waals surface area contributed by atoms with Crippen molar-refractivity contribution in [2.24, 2.45) is 0 Å². The summed E-state index contributed by atoms with van der Waals surface area (Å²) in [6.45, 7) is 2.01. The maximum absolute atomic E-state index is 12.3. The number of benzene rings is 1. The summed E-state index contributed by atoms with van der Waals surface area (Å²) in [5, 5.41) is 10.4. The Kier molecular flexibility index (Phi) is 5.27. The van der Waals surface area contributed by atoms with E-state index in [-0.39, 0.29) is 12.8 Å². The van der Waals surface area contributed by atoms with Crippen molar-refractivity contribution in [1.82, 2.24) is 5.06 Å². The number of hydroxylamine groups is 2. The monoisotopic (exact) mass is 304 g/mol. The molecule has 1 aliphatic rings. The first-order valence-corrected chi connectivity index (χ1v) is 7.49. The molecule has 0 radical (unpaired) electrons. The topological polar surface area (TPSA) is 77.9 Å². The summed E-state index contributed by atoms with van der Waals surface area (Å²) in [6.07, 6.45) is 2.48. The minimum absolute atomic E-state index is 0.174. The zero-order valence-corrected chi connectivity index (χ0v) is 12.6. The molecule has 0 aromatic heterocycles. The van der Waals surface area contributed by atoms with Gasteiger partial charge in [-0.05, 0) is 18.6 Å². The number of hydrogen-bond donors (Lipinski definition) is 1. The van der Waals surface area contributed by atoms with Crippen LogP contribution in [0.25, 0.3) is 0 Å². The molecule has 2 rings (SSSR count). The molecule has 118 valence electrons. The Morgan fingerprint density at radius 1 is 1.27 bits per heavy atom. The van der Waals surface area contributed by atoms with Gasteiger partial charge >= 0.3 is 0 Å². The molecule has 6 nitrogen and oxygen atoms in total. The molecule has 1 aliphatic heterocycles. The highest BCUT2D eigenvalue weighted by Crippen LogP contribution is 2.25. The van der Waals surface area contributed by atoms with Gasteiger partial charge in [-0.3, -0.25) is 19.6 Å². The summed E-state index contributed by atoms with van der Waals surface area (Å²) >= 11 is 0. The number of para-hydroxylation sites is 1. The molecule has 22 heavy (non-hydrogen) atoms. The summed E-state index contributed by atoms with van der Waals surface area (Å²) in [6, 6.07) is 7.38. The van der Waals surface area contributed by atoms with Gasteiger partial charge in [0.1, 0.15) is 6.04 Å². The van der Waals surface area contributed by atoms with Crippen molar-refractivity contribution < 1.29 is 19.6 Å². The number of rotatable bonds is 6. The molecule has 0 spiro atoms. The number of carbonyl (C=O) groups is 3. The molecule has 1 N–H and O–H groups in total. The van der Waals surface area contributed by atoms with E-state index in [1.807, 2.05) is 6.92 Å². The average molecular weight is 304 g/mol. The van der Waals surface area contributed by atoms with Crippen LogP contribution in [0, 0.1) is 0 Å². The molecule has 1 heterocycles. The minimum atomic E-state index is -1.12. The number of nitrogens with zero attached hydrogens (tertiary/aromatic N) is 2. The smallest absolute Gasteiger partial charge is 0.259 e. The molecule has 0 unspecified atom stereocenters. The van der Waals surface area contributed by atoms with E-state index in [1.54, 1.807) is 30.3 Å². The van der Waals surface area contributed by atoms with Crippen LogP contribution in [0.1, 0.15) is 39.0 Å². The highest BCUT2D eigenvalue weighted by Gasteiger charge is 2.44. The van der Waals surface area contributed by atoms with Crippen LogP contribution >= 0.6 is 0 Å². The maximum atomic E-state index is 12.3. The Hall–Kier alpha value is -2.21. The standard InChI is InChI=1S/C16H20N2O4/c1-2-3-5-10-14(19)18(22)13-11-15(20)17(16(13)21)12-8-6-4-7-9-12/h4,6-9,13,22H,2-3,5,10-11H2,1H3/t13-/m1/s1. The minimum Gasteiger partial charge on any atom is -0.285 e. The lowest BCUT2D eigenvalue weighted by Gasteiger charge is -2.21. The fourth-order valence-electron chi connectivity index (χ4n) is 2.47. The second kappa shape index (κ2) is 7.17. The van der Waals surface area contributed by atoms with Crippen molar-refractivity contribution in [1.29, 1.82) is 0 Å². The molecule has 1 saturated heterocycles. The molecule has 1 fully saturated rings. The van der Waals surface area contributed by atoms with E-state index < -0.39 is 23.8 Å². The zero-order chi connectivity index (χ0) is 16.1. The van der Waals surface area contributed by atoms with Gasteiger partial charge in [0.05, 0.1) is 12.1 Å². The number of hydrogen-bond acceptors (Lipinski definition) is 4. The molecule has 0 saturated carbocycles. The van der Waals surface area contributed by atoms with Crippen molar-refractivity contribution in [3.8, 4) is 0 Å². The zero-order valence-electron chi connectivity index (χ0n) is 12.6. The Morgan fingerprint density at radius 2 is 1.95 bits per heavy atom. The van der Waals surface area contributed by atoms with Gasteiger partial charge in [-0.1, -0.05) is 38.0 Å². The highest BCUT2D eigenvalue weighted by atomic mass is 16.5. The third-order valence-corrected chi connectivity index (χ3v) is 3.68.